The fourth-order valence-electron chi connectivity index (χ4n) is 1.04. The molecule has 1 rings (SSSR count). The lowest BCUT2D eigenvalue weighted by Gasteiger charge is -2.16. The van der Waals surface area contributed by atoms with Crippen LogP contribution in [0.4, 0.5) is 0 Å². The van der Waals surface area contributed by atoms with Crippen LogP contribution in [-0.2, 0) is 4.57 Å². The van der Waals surface area contributed by atoms with E-state index in [0.717, 1.165) is 0 Å². The molecule has 2 atom stereocenters. The maximum absolute atomic E-state index is 11.1. The van der Waals surface area contributed by atoms with Gasteiger partial charge in [0.25, 0.3) is 7.52 Å². The fraction of sp³-hybridized carbons (Fsp3) is 0.667. The molecule has 1 fully saturated rings. The Labute approximate surface area is 60.5 Å². The molecule has 0 aromatic heterocycles. The highest BCUT2D eigenvalue weighted by Gasteiger charge is 2.36. The normalized spacial score (nSPS) is 41.5. The lowest BCUT2D eigenvalue weighted by Crippen LogP contribution is -2.19. The molecule has 0 saturated carbocycles. The molecule has 0 aliphatic carbocycles. The van der Waals surface area contributed by atoms with Gasteiger partial charge in [0.15, 0.2) is 0 Å². The summed E-state index contributed by atoms with van der Waals surface area (Å²) in [6.07, 6.45) is 6.09. The van der Waals surface area contributed by atoms with E-state index in [-0.39, 0.29) is 6.04 Å². The zero-order valence-electron chi connectivity index (χ0n) is 5.82. The van der Waals surface area contributed by atoms with Crippen molar-refractivity contribution in [1.82, 2.24) is 4.67 Å². The molecule has 56 valence electrons. The van der Waals surface area contributed by atoms with Gasteiger partial charge in [-0.1, -0.05) is 5.92 Å². The molecule has 2 unspecified atom stereocenters. The quantitative estimate of drug-likeness (QED) is 0.413. The predicted molar refractivity (Wildman–Crippen MR) is 39.7 cm³/mol. The Bertz CT molecular complexity index is 220. The zero-order valence-corrected chi connectivity index (χ0v) is 6.71. The summed E-state index contributed by atoms with van der Waals surface area (Å²) in [6.45, 7) is 0. The van der Waals surface area contributed by atoms with Crippen molar-refractivity contribution in [3.05, 3.63) is 0 Å². The van der Waals surface area contributed by atoms with Gasteiger partial charge in [0.1, 0.15) is 0 Å². The third kappa shape index (κ3) is 1.11. The molecule has 10 heavy (non-hydrogen) atoms. The van der Waals surface area contributed by atoms with Crippen LogP contribution in [0, 0.1) is 12.3 Å². The van der Waals surface area contributed by atoms with Crippen LogP contribution in [0.3, 0.4) is 0 Å². The molecule has 0 aromatic carbocycles. The van der Waals surface area contributed by atoms with Crippen molar-refractivity contribution in [2.45, 2.75) is 12.5 Å². The summed E-state index contributed by atoms with van der Waals surface area (Å²) in [4.78, 5) is 9.15. The highest BCUT2D eigenvalue weighted by Crippen LogP contribution is 2.51. The summed E-state index contributed by atoms with van der Waals surface area (Å²) < 4.78 is 12.5. The van der Waals surface area contributed by atoms with Gasteiger partial charge < -0.3 is 4.89 Å². The van der Waals surface area contributed by atoms with Crippen LogP contribution in [0.25, 0.3) is 0 Å². The number of nitrogens with zero attached hydrogens (tertiary/aromatic N) is 1. The van der Waals surface area contributed by atoms with Gasteiger partial charge in [0, 0.05) is 6.16 Å². The summed E-state index contributed by atoms with van der Waals surface area (Å²) >= 11 is 0. The maximum atomic E-state index is 11.1. The van der Waals surface area contributed by atoms with E-state index in [0.29, 0.717) is 12.6 Å². The van der Waals surface area contributed by atoms with Crippen molar-refractivity contribution in [3.63, 3.8) is 0 Å². The van der Waals surface area contributed by atoms with Gasteiger partial charge in [0.05, 0.1) is 6.04 Å². The third-order valence-electron chi connectivity index (χ3n) is 1.83. The van der Waals surface area contributed by atoms with E-state index in [1.807, 2.05) is 0 Å². The van der Waals surface area contributed by atoms with Gasteiger partial charge >= 0.3 is 0 Å². The van der Waals surface area contributed by atoms with Crippen LogP contribution in [0.2, 0.25) is 0 Å². The van der Waals surface area contributed by atoms with E-state index in [9.17, 15) is 4.57 Å². The van der Waals surface area contributed by atoms with Gasteiger partial charge in [0.2, 0.25) is 0 Å². The Hall–Kier alpha value is -0.290. The topological polar surface area (TPSA) is 40.5 Å². The molecule has 0 amide bonds. The second-order valence-corrected chi connectivity index (χ2v) is 4.84. The number of rotatable bonds is 0. The highest BCUT2D eigenvalue weighted by molar-refractivity contribution is 7.55. The van der Waals surface area contributed by atoms with Crippen LogP contribution in [0.15, 0.2) is 0 Å². The largest absolute Gasteiger partial charge is 0.333 e. The first kappa shape index (κ1) is 7.81. The standard InChI is InChI=1S/C6H10NO2P/c1-3-6-4-5-10(8,9)7(6)2/h1,6H,4-5H2,2H3,(H,8,9). The minimum Gasteiger partial charge on any atom is -0.333 e. The van der Waals surface area contributed by atoms with E-state index in [1.54, 1.807) is 7.05 Å². The lowest BCUT2D eigenvalue weighted by atomic mass is 10.2. The second kappa shape index (κ2) is 2.39. The summed E-state index contributed by atoms with van der Waals surface area (Å²) in [6, 6.07) is -0.143. The van der Waals surface area contributed by atoms with Crippen molar-refractivity contribution >= 4 is 7.52 Å². The van der Waals surface area contributed by atoms with Gasteiger partial charge in [-0.2, -0.15) is 0 Å². The summed E-state index contributed by atoms with van der Waals surface area (Å²) in [7, 11) is -1.42. The second-order valence-electron chi connectivity index (χ2n) is 2.43. The molecule has 4 heteroatoms. The molecule has 1 N–H and O–H groups in total. The van der Waals surface area contributed by atoms with E-state index in [2.05, 4.69) is 5.92 Å². The number of hydrogen-bond donors (Lipinski definition) is 1. The average Bonchev–Trinajstić information content (AvgIpc) is 2.10. The molecule has 0 radical (unpaired) electrons. The fourth-order valence-corrected chi connectivity index (χ4v) is 2.56. The minimum atomic E-state index is -3.02. The summed E-state index contributed by atoms with van der Waals surface area (Å²) in [5.41, 5.74) is 0. The highest BCUT2D eigenvalue weighted by atomic mass is 31.2. The Kier molecular flexibility index (Phi) is 1.87. The average molecular weight is 159 g/mol. The molecular weight excluding hydrogens is 149 g/mol. The molecule has 1 heterocycles. The Balaban J connectivity index is 2.79. The van der Waals surface area contributed by atoms with Crippen LogP contribution in [-0.4, -0.2) is 28.8 Å². The van der Waals surface area contributed by atoms with Gasteiger partial charge in [-0.15, -0.1) is 6.42 Å². The molecule has 0 aromatic rings. The van der Waals surface area contributed by atoms with E-state index in [4.69, 9.17) is 11.3 Å². The van der Waals surface area contributed by atoms with Gasteiger partial charge in [-0.05, 0) is 13.5 Å². The van der Waals surface area contributed by atoms with Crippen LogP contribution in [0.1, 0.15) is 6.42 Å². The number of terminal acetylenes is 1. The first-order chi connectivity index (χ1) is 4.58. The molecular formula is C6H10NO2P. The smallest absolute Gasteiger partial charge is 0.270 e. The SMILES string of the molecule is C#CC1CCP(=O)(O)N1C. The lowest BCUT2D eigenvalue weighted by molar-refractivity contribution is 0.389. The first-order valence-electron chi connectivity index (χ1n) is 3.09. The van der Waals surface area contributed by atoms with Gasteiger partial charge in [-0.25, -0.2) is 4.67 Å². The third-order valence-corrected chi connectivity index (χ3v) is 3.94. The Morgan fingerprint density at radius 3 is 2.70 bits per heavy atom. The van der Waals surface area contributed by atoms with Crippen molar-refractivity contribution in [1.29, 1.82) is 0 Å². The molecule has 0 spiro atoms. The molecule has 0 bridgehead atoms. The molecule has 1 aliphatic heterocycles. The monoisotopic (exact) mass is 159 g/mol. The minimum absolute atomic E-state index is 0.143. The van der Waals surface area contributed by atoms with E-state index in [1.165, 1.54) is 4.67 Å². The molecule has 1 aliphatic rings. The van der Waals surface area contributed by atoms with Gasteiger partial charge in [-0.3, -0.25) is 4.57 Å². The summed E-state index contributed by atoms with van der Waals surface area (Å²) in [5.74, 6) is 2.46. The Morgan fingerprint density at radius 1 is 1.90 bits per heavy atom. The van der Waals surface area contributed by atoms with Crippen molar-refractivity contribution in [2.75, 3.05) is 13.2 Å². The van der Waals surface area contributed by atoms with Crippen molar-refractivity contribution in [3.8, 4) is 12.3 Å². The van der Waals surface area contributed by atoms with E-state index >= 15 is 0 Å². The Morgan fingerprint density at radius 2 is 2.50 bits per heavy atom. The molecule has 3 nitrogen and oxygen atoms in total. The predicted octanol–water partition coefficient (Wildman–Crippen LogP) is 0.509. The summed E-state index contributed by atoms with van der Waals surface area (Å²) in [5, 5.41) is 0. The maximum Gasteiger partial charge on any atom is 0.270 e. The van der Waals surface area contributed by atoms with E-state index < -0.39 is 7.52 Å². The van der Waals surface area contributed by atoms with Crippen molar-refractivity contribution < 1.29 is 9.46 Å². The number of hydrogen-bond acceptors (Lipinski definition) is 1. The molecule has 1 saturated heterocycles. The van der Waals surface area contributed by atoms with Crippen LogP contribution in [0.5, 0.6) is 0 Å². The first-order valence-corrected chi connectivity index (χ1v) is 4.89. The van der Waals surface area contributed by atoms with Crippen LogP contribution < -0.4 is 0 Å². The zero-order chi connectivity index (χ0) is 7.78. The van der Waals surface area contributed by atoms with Crippen molar-refractivity contribution in [2.24, 2.45) is 0 Å². The van der Waals surface area contributed by atoms with Crippen LogP contribution >= 0.6 is 7.52 Å².